The summed E-state index contributed by atoms with van der Waals surface area (Å²) in [6.07, 6.45) is 2.00. The number of carbonyl (C=O) groups is 1. The maximum Gasteiger partial charge on any atom is 0.251 e. The first kappa shape index (κ1) is 17.7. The topological polar surface area (TPSA) is 45.6 Å². The number of likely N-dealkylation sites (N-methyl/N-ethyl adjacent to an activating group) is 1. The summed E-state index contributed by atoms with van der Waals surface area (Å²) in [4.78, 5) is 29.7. The van der Waals surface area contributed by atoms with Crippen molar-refractivity contribution in [3.63, 3.8) is 0 Å². The lowest BCUT2D eigenvalue weighted by atomic mass is 10.0. The molecule has 2 aromatic rings. The number of hydrogen-bond acceptors (Lipinski definition) is 3. The van der Waals surface area contributed by atoms with Crippen LogP contribution in [0.5, 0.6) is 0 Å². The van der Waals surface area contributed by atoms with Gasteiger partial charge in [0.25, 0.3) is 5.56 Å². The average molecular weight is 341 g/mol. The van der Waals surface area contributed by atoms with Crippen LogP contribution in [0.15, 0.2) is 35.1 Å². The SMILES string of the molecule is CCN(C(=O)Cn1c(=O)cc(C)c2ccccc21)C1CCN(C)CC1. The normalized spacial score (nSPS) is 16.3. The van der Waals surface area contributed by atoms with Crippen molar-refractivity contribution >= 4 is 16.8 Å². The second-order valence-corrected chi connectivity index (χ2v) is 6.98. The first-order valence-electron chi connectivity index (χ1n) is 9.08. The van der Waals surface area contributed by atoms with Crippen LogP contribution in [-0.4, -0.2) is 53.0 Å². The number of benzene rings is 1. The lowest BCUT2D eigenvalue weighted by Crippen LogP contribution is -2.48. The molecule has 1 aliphatic rings. The van der Waals surface area contributed by atoms with E-state index in [2.05, 4.69) is 11.9 Å². The van der Waals surface area contributed by atoms with Gasteiger partial charge in [-0.25, -0.2) is 0 Å². The van der Waals surface area contributed by atoms with Crippen molar-refractivity contribution in [1.82, 2.24) is 14.4 Å². The van der Waals surface area contributed by atoms with Crippen LogP contribution in [0.2, 0.25) is 0 Å². The molecule has 0 saturated carbocycles. The fourth-order valence-electron chi connectivity index (χ4n) is 3.84. The van der Waals surface area contributed by atoms with Gasteiger partial charge in [0, 0.05) is 24.0 Å². The van der Waals surface area contributed by atoms with E-state index in [9.17, 15) is 9.59 Å². The van der Waals surface area contributed by atoms with Crippen LogP contribution in [0.25, 0.3) is 10.9 Å². The third-order valence-electron chi connectivity index (χ3n) is 5.31. The third kappa shape index (κ3) is 3.61. The Labute approximate surface area is 148 Å². The minimum atomic E-state index is -0.107. The summed E-state index contributed by atoms with van der Waals surface area (Å²) in [5, 5.41) is 1.03. The van der Waals surface area contributed by atoms with Crippen LogP contribution in [0.4, 0.5) is 0 Å². The predicted molar refractivity (Wildman–Crippen MR) is 101 cm³/mol. The summed E-state index contributed by atoms with van der Waals surface area (Å²) in [6, 6.07) is 9.70. The molecule has 0 bridgehead atoms. The number of nitrogens with zero attached hydrogens (tertiary/aromatic N) is 3. The molecule has 3 rings (SSSR count). The van der Waals surface area contributed by atoms with Crippen molar-refractivity contribution in [2.75, 3.05) is 26.7 Å². The van der Waals surface area contributed by atoms with Gasteiger partial charge in [-0.3, -0.25) is 14.2 Å². The van der Waals surface area contributed by atoms with E-state index in [-0.39, 0.29) is 24.1 Å². The molecular formula is C20H27N3O2. The minimum absolute atomic E-state index is 0.0353. The highest BCUT2D eigenvalue weighted by atomic mass is 16.2. The molecule has 0 spiro atoms. The van der Waals surface area contributed by atoms with E-state index in [1.165, 1.54) is 0 Å². The van der Waals surface area contributed by atoms with E-state index in [1.807, 2.05) is 43.0 Å². The first-order valence-corrected chi connectivity index (χ1v) is 9.08. The maximum absolute atomic E-state index is 13.0. The van der Waals surface area contributed by atoms with E-state index in [0.717, 1.165) is 42.4 Å². The molecule has 1 aliphatic heterocycles. The Morgan fingerprint density at radius 2 is 1.92 bits per heavy atom. The molecule has 5 heteroatoms. The van der Waals surface area contributed by atoms with Crippen LogP contribution < -0.4 is 5.56 Å². The lowest BCUT2D eigenvalue weighted by Gasteiger charge is -2.37. The van der Waals surface area contributed by atoms with Crippen LogP contribution in [0.3, 0.4) is 0 Å². The fourth-order valence-corrected chi connectivity index (χ4v) is 3.84. The Hall–Kier alpha value is -2.14. The Morgan fingerprint density at radius 3 is 2.60 bits per heavy atom. The Kier molecular flexibility index (Phi) is 5.23. The molecule has 25 heavy (non-hydrogen) atoms. The number of pyridine rings is 1. The summed E-state index contributed by atoms with van der Waals surface area (Å²) >= 11 is 0. The zero-order chi connectivity index (χ0) is 18.0. The van der Waals surface area contributed by atoms with Crippen LogP contribution in [0.1, 0.15) is 25.3 Å². The van der Waals surface area contributed by atoms with E-state index in [4.69, 9.17) is 0 Å². The summed E-state index contributed by atoms with van der Waals surface area (Å²) < 4.78 is 1.61. The number of likely N-dealkylation sites (tertiary alicyclic amines) is 1. The van der Waals surface area contributed by atoms with Gasteiger partial charge < -0.3 is 9.80 Å². The predicted octanol–water partition coefficient (Wildman–Crippen LogP) is 2.25. The number of aryl methyl sites for hydroxylation is 1. The van der Waals surface area contributed by atoms with Crippen molar-refractivity contribution in [3.05, 3.63) is 46.2 Å². The molecule has 0 atom stereocenters. The summed E-state index contributed by atoms with van der Waals surface area (Å²) in [6.45, 7) is 6.79. The number of aromatic nitrogens is 1. The zero-order valence-corrected chi connectivity index (χ0v) is 15.4. The highest BCUT2D eigenvalue weighted by Gasteiger charge is 2.26. The van der Waals surface area contributed by atoms with Gasteiger partial charge in [0.05, 0.1) is 5.52 Å². The highest BCUT2D eigenvalue weighted by molar-refractivity contribution is 5.84. The molecule has 0 unspecified atom stereocenters. The molecule has 1 aromatic carbocycles. The monoisotopic (exact) mass is 341 g/mol. The van der Waals surface area contributed by atoms with Crippen molar-refractivity contribution in [1.29, 1.82) is 0 Å². The van der Waals surface area contributed by atoms with Gasteiger partial charge in [-0.1, -0.05) is 18.2 Å². The second-order valence-electron chi connectivity index (χ2n) is 6.98. The van der Waals surface area contributed by atoms with Gasteiger partial charge in [-0.05, 0) is 58.5 Å². The van der Waals surface area contributed by atoms with Crippen molar-refractivity contribution in [2.45, 2.75) is 39.3 Å². The van der Waals surface area contributed by atoms with Gasteiger partial charge in [-0.2, -0.15) is 0 Å². The van der Waals surface area contributed by atoms with Crippen LogP contribution in [-0.2, 0) is 11.3 Å². The van der Waals surface area contributed by atoms with Gasteiger partial charge in [0.1, 0.15) is 6.54 Å². The molecule has 1 saturated heterocycles. The third-order valence-corrected chi connectivity index (χ3v) is 5.31. The first-order chi connectivity index (χ1) is 12.0. The molecule has 1 aromatic heterocycles. The second kappa shape index (κ2) is 7.40. The van der Waals surface area contributed by atoms with Gasteiger partial charge in [0.2, 0.25) is 5.91 Å². The molecule has 0 radical (unpaired) electrons. The Balaban J connectivity index is 1.87. The van der Waals surface area contributed by atoms with E-state index in [1.54, 1.807) is 10.6 Å². The molecule has 134 valence electrons. The van der Waals surface area contributed by atoms with Gasteiger partial charge >= 0.3 is 0 Å². The van der Waals surface area contributed by atoms with Gasteiger partial charge in [-0.15, -0.1) is 0 Å². The number of fused-ring (bicyclic) bond motifs is 1. The highest BCUT2D eigenvalue weighted by Crippen LogP contribution is 2.18. The fraction of sp³-hybridized carbons (Fsp3) is 0.500. The summed E-state index contributed by atoms with van der Waals surface area (Å²) in [5.74, 6) is 0.0353. The molecule has 1 fully saturated rings. The van der Waals surface area contributed by atoms with E-state index in [0.29, 0.717) is 6.54 Å². The number of carbonyl (C=O) groups excluding carboxylic acids is 1. The number of rotatable bonds is 4. The zero-order valence-electron chi connectivity index (χ0n) is 15.4. The molecule has 2 heterocycles. The number of hydrogen-bond donors (Lipinski definition) is 0. The van der Waals surface area contributed by atoms with Gasteiger partial charge in [0.15, 0.2) is 0 Å². The molecule has 0 aliphatic carbocycles. The Morgan fingerprint density at radius 1 is 1.24 bits per heavy atom. The van der Waals surface area contributed by atoms with Crippen molar-refractivity contribution in [2.24, 2.45) is 0 Å². The summed E-state index contributed by atoms with van der Waals surface area (Å²) in [7, 11) is 2.12. The minimum Gasteiger partial charge on any atom is -0.338 e. The largest absolute Gasteiger partial charge is 0.338 e. The maximum atomic E-state index is 13.0. The van der Waals surface area contributed by atoms with Crippen LogP contribution in [0, 0.1) is 6.92 Å². The molecule has 0 N–H and O–H groups in total. The number of para-hydroxylation sites is 1. The Bertz CT molecular complexity index is 819. The quantitative estimate of drug-likeness (QED) is 0.857. The van der Waals surface area contributed by atoms with Crippen molar-refractivity contribution in [3.8, 4) is 0 Å². The lowest BCUT2D eigenvalue weighted by molar-refractivity contribution is -0.134. The van der Waals surface area contributed by atoms with Crippen molar-refractivity contribution < 1.29 is 4.79 Å². The molecule has 1 amide bonds. The van der Waals surface area contributed by atoms with E-state index >= 15 is 0 Å². The average Bonchev–Trinajstić information content (AvgIpc) is 2.61. The standard InChI is InChI=1S/C20H27N3O2/c1-4-22(16-9-11-21(3)12-10-16)20(25)14-23-18-8-6-5-7-17(18)15(2)13-19(23)24/h5-8,13,16H,4,9-12,14H2,1-3H3. The molecule has 5 nitrogen and oxygen atoms in total. The molecular weight excluding hydrogens is 314 g/mol. The number of piperidine rings is 1. The smallest absolute Gasteiger partial charge is 0.251 e. The number of amides is 1. The summed E-state index contributed by atoms with van der Waals surface area (Å²) in [5.41, 5.74) is 1.68. The van der Waals surface area contributed by atoms with Crippen LogP contribution >= 0.6 is 0 Å². The van der Waals surface area contributed by atoms with E-state index < -0.39 is 0 Å².